The molecule has 1 heterocycles. The lowest BCUT2D eigenvalue weighted by atomic mass is 10.1. The lowest BCUT2D eigenvalue weighted by Gasteiger charge is -2.06. The summed E-state index contributed by atoms with van der Waals surface area (Å²) < 4.78 is 0. The van der Waals surface area contributed by atoms with Gasteiger partial charge in [-0.05, 0) is 24.0 Å². The van der Waals surface area contributed by atoms with Crippen LogP contribution in [0, 0.1) is 12.8 Å². The molecule has 4 heteroatoms. The summed E-state index contributed by atoms with van der Waals surface area (Å²) in [5.41, 5.74) is 2.85. The summed E-state index contributed by atoms with van der Waals surface area (Å²) >= 11 is 1.56. The van der Waals surface area contributed by atoms with E-state index in [2.05, 4.69) is 24.1 Å². The monoisotopic (exact) mass is 288 g/mol. The van der Waals surface area contributed by atoms with Crippen LogP contribution in [0.2, 0.25) is 0 Å². The molecule has 0 saturated carbocycles. The van der Waals surface area contributed by atoms with Crippen LogP contribution in [0.4, 0.5) is 0 Å². The fourth-order valence-corrected chi connectivity index (χ4v) is 2.92. The molecule has 0 aliphatic heterocycles. The fourth-order valence-electron chi connectivity index (χ4n) is 1.93. The number of thiazole rings is 1. The maximum atomic E-state index is 12.1. The number of benzene rings is 1. The Kier molecular flexibility index (Phi) is 4.90. The van der Waals surface area contributed by atoms with Crippen LogP contribution in [0.25, 0.3) is 0 Å². The van der Waals surface area contributed by atoms with E-state index in [1.54, 1.807) is 11.3 Å². The van der Waals surface area contributed by atoms with Crippen LogP contribution < -0.4 is 5.32 Å². The maximum absolute atomic E-state index is 12.1. The number of nitrogens with one attached hydrogen (secondary N) is 1. The first-order chi connectivity index (χ1) is 9.56. The van der Waals surface area contributed by atoms with Crippen molar-refractivity contribution in [1.29, 1.82) is 0 Å². The molecule has 0 aliphatic rings. The molecule has 1 amide bonds. The molecule has 0 atom stereocenters. The smallest absolute Gasteiger partial charge is 0.271 e. The van der Waals surface area contributed by atoms with Gasteiger partial charge in [0.15, 0.2) is 0 Å². The second kappa shape index (κ2) is 6.66. The molecule has 0 bridgehead atoms. The molecule has 0 spiro atoms. The zero-order chi connectivity index (χ0) is 14.5. The molecule has 0 fully saturated rings. The molecule has 106 valence electrons. The quantitative estimate of drug-likeness (QED) is 0.913. The van der Waals surface area contributed by atoms with Gasteiger partial charge in [-0.1, -0.05) is 38.1 Å². The topological polar surface area (TPSA) is 42.0 Å². The van der Waals surface area contributed by atoms with Crippen molar-refractivity contribution in [3.63, 3.8) is 0 Å². The van der Waals surface area contributed by atoms with Gasteiger partial charge in [0.25, 0.3) is 5.91 Å². The van der Waals surface area contributed by atoms with Crippen molar-refractivity contribution >= 4 is 17.2 Å². The Balaban J connectivity index is 1.95. The van der Waals surface area contributed by atoms with E-state index >= 15 is 0 Å². The largest absolute Gasteiger partial charge is 0.347 e. The molecule has 20 heavy (non-hydrogen) atoms. The van der Waals surface area contributed by atoms with E-state index in [4.69, 9.17) is 0 Å². The third kappa shape index (κ3) is 3.90. The molecule has 3 nitrogen and oxygen atoms in total. The molecule has 0 radical (unpaired) electrons. The maximum Gasteiger partial charge on any atom is 0.271 e. The highest BCUT2D eigenvalue weighted by Crippen LogP contribution is 2.14. The van der Waals surface area contributed by atoms with Gasteiger partial charge in [-0.25, -0.2) is 4.98 Å². The number of nitrogens with zero attached hydrogens (tertiary/aromatic N) is 1. The number of amides is 1. The number of carbonyl (C=O) groups is 1. The second-order valence-electron chi connectivity index (χ2n) is 5.33. The van der Waals surface area contributed by atoms with E-state index in [0.717, 1.165) is 17.0 Å². The first-order valence-electron chi connectivity index (χ1n) is 6.83. The van der Waals surface area contributed by atoms with Gasteiger partial charge in [-0.15, -0.1) is 11.3 Å². The van der Waals surface area contributed by atoms with E-state index in [1.807, 2.05) is 36.6 Å². The summed E-state index contributed by atoms with van der Waals surface area (Å²) in [6.07, 6.45) is 0.926. The number of hydrogen-bond donors (Lipinski definition) is 1. The highest BCUT2D eigenvalue weighted by molar-refractivity contribution is 7.09. The average Bonchev–Trinajstić information content (AvgIpc) is 2.85. The Morgan fingerprint density at radius 2 is 2.10 bits per heavy atom. The normalized spacial score (nSPS) is 10.8. The van der Waals surface area contributed by atoms with Crippen molar-refractivity contribution in [2.75, 3.05) is 0 Å². The van der Waals surface area contributed by atoms with Gasteiger partial charge in [0, 0.05) is 18.3 Å². The SMILES string of the molecule is Cc1ccccc1CNC(=O)c1csc(CC(C)C)n1. The molecule has 0 unspecified atom stereocenters. The second-order valence-corrected chi connectivity index (χ2v) is 6.28. The average molecular weight is 288 g/mol. The summed E-state index contributed by atoms with van der Waals surface area (Å²) in [7, 11) is 0. The predicted molar refractivity (Wildman–Crippen MR) is 83.0 cm³/mol. The lowest BCUT2D eigenvalue weighted by Crippen LogP contribution is -2.23. The van der Waals surface area contributed by atoms with Crippen molar-refractivity contribution in [3.05, 3.63) is 51.5 Å². The minimum Gasteiger partial charge on any atom is -0.347 e. The Labute approximate surface area is 124 Å². The van der Waals surface area contributed by atoms with E-state index in [9.17, 15) is 4.79 Å². The highest BCUT2D eigenvalue weighted by atomic mass is 32.1. The summed E-state index contributed by atoms with van der Waals surface area (Å²) in [6.45, 7) is 6.90. The highest BCUT2D eigenvalue weighted by Gasteiger charge is 2.11. The van der Waals surface area contributed by atoms with Gasteiger partial charge in [0.1, 0.15) is 5.69 Å². The van der Waals surface area contributed by atoms with Crippen molar-refractivity contribution in [3.8, 4) is 0 Å². The summed E-state index contributed by atoms with van der Waals surface area (Å²) in [5.74, 6) is 0.462. The third-order valence-electron chi connectivity index (χ3n) is 3.07. The van der Waals surface area contributed by atoms with Crippen LogP contribution >= 0.6 is 11.3 Å². The van der Waals surface area contributed by atoms with Crippen LogP contribution in [0.5, 0.6) is 0 Å². The standard InChI is InChI=1S/C16H20N2OS/c1-11(2)8-15-18-14(10-20-15)16(19)17-9-13-7-5-4-6-12(13)3/h4-7,10-11H,8-9H2,1-3H3,(H,17,19). The minimum absolute atomic E-state index is 0.0977. The first kappa shape index (κ1) is 14.7. The minimum atomic E-state index is -0.0977. The summed E-state index contributed by atoms with van der Waals surface area (Å²) in [6, 6.07) is 8.06. The molecule has 1 N–H and O–H groups in total. The molecule has 0 saturated heterocycles. The van der Waals surface area contributed by atoms with Crippen LogP contribution in [0.1, 0.15) is 40.5 Å². The fraction of sp³-hybridized carbons (Fsp3) is 0.375. The molecule has 2 aromatic rings. The van der Waals surface area contributed by atoms with E-state index < -0.39 is 0 Å². The van der Waals surface area contributed by atoms with Crippen LogP contribution in [0.3, 0.4) is 0 Å². The predicted octanol–water partition coefficient (Wildman–Crippen LogP) is 3.58. The number of aromatic nitrogens is 1. The number of aryl methyl sites for hydroxylation is 1. The van der Waals surface area contributed by atoms with Crippen molar-refractivity contribution in [1.82, 2.24) is 10.3 Å². The van der Waals surface area contributed by atoms with Crippen molar-refractivity contribution in [2.45, 2.75) is 33.7 Å². The summed E-state index contributed by atoms with van der Waals surface area (Å²) in [5, 5.41) is 5.79. The van der Waals surface area contributed by atoms with Crippen molar-refractivity contribution < 1.29 is 4.79 Å². The molecule has 2 rings (SSSR count). The molecule has 0 aliphatic carbocycles. The van der Waals surface area contributed by atoms with Gasteiger partial charge in [0.05, 0.1) is 5.01 Å². The van der Waals surface area contributed by atoms with Gasteiger partial charge >= 0.3 is 0 Å². The van der Waals surface area contributed by atoms with Crippen LogP contribution in [0.15, 0.2) is 29.6 Å². The zero-order valence-electron chi connectivity index (χ0n) is 12.1. The number of carbonyl (C=O) groups excluding carboxylic acids is 1. The van der Waals surface area contributed by atoms with Gasteiger partial charge < -0.3 is 5.32 Å². The van der Waals surface area contributed by atoms with Gasteiger partial charge in [-0.2, -0.15) is 0 Å². The van der Waals surface area contributed by atoms with E-state index in [1.165, 1.54) is 5.56 Å². The Morgan fingerprint density at radius 1 is 1.35 bits per heavy atom. The number of rotatable bonds is 5. The molecular formula is C16H20N2OS. The number of hydrogen-bond acceptors (Lipinski definition) is 3. The zero-order valence-corrected chi connectivity index (χ0v) is 13.0. The van der Waals surface area contributed by atoms with Gasteiger partial charge in [-0.3, -0.25) is 4.79 Å². The van der Waals surface area contributed by atoms with E-state index in [0.29, 0.717) is 18.2 Å². The van der Waals surface area contributed by atoms with Crippen LogP contribution in [-0.4, -0.2) is 10.9 Å². The van der Waals surface area contributed by atoms with E-state index in [-0.39, 0.29) is 5.91 Å². The lowest BCUT2D eigenvalue weighted by molar-refractivity contribution is 0.0946. The molecule has 1 aromatic carbocycles. The molecule has 1 aromatic heterocycles. The first-order valence-corrected chi connectivity index (χ1v) is 7.71. The van der Waals surface area contributed by atoms with Gasteiger partial charge in [0.2, 0.25) is 0 Å². The Bertz CT molecular complexity index is 590. The Hall–Kier alpha value is -1.68. The van der Waals surface area contributed by atoms with Crippen LogP contribution in [-0.2, 0) is 13.0 Å². The molecular weight excluding hydrogens is 268 g/mol. The Morgan fingerprint density at radius 3 is 2.80 bits per heavy atom. The summed E-state index contributed by atoms with van der Waals surface area (Å²) in [4.78, 5) is 16.5. The van der Waals surface area contributed by atoms with Crippen molar-refractivity contribution in [2.24, 2.45) is 5.92 Å². The third-order valence-corrected chi connectivity index (χ3v) is 3.94.